The fourth-order valence-electron chi connectivity index (χ4n) is 5.50. The zero-order valence-electron chi connectivity index (χ0n) is 22.8. The van der Waals surface area contributed by atoms with Gasteiger partial charge in [0.05, 0.1) is 42.1 Å². The summed E-state index contributed by atoms with van der Waals surface area (Å²) in [5.74, 6) is -2.98. The van der Waals surface area contributed by atoms with Gasteiger partial charge in [0, 0.05) is 48.9 Å². The first-order valence-corrected chi connectivity index (χ1v) is 13.7. The number of aromatic nitrogens is 6. The Balaban J connectivity index is 1.33. The number of nitrogens with zero attached hydrogens (tertiary/aromatic N) is 7. The number of carbonyl (C=O) groups excluding carboxylic acids is 1. The molecular weight excluding hydrogens is 547 g/mol. The Morgan fingerprint density at radius 2 is 1.74 bits per heavy atom. The van der Waals surface area contributed by atoms with E-state index in [9.17, 15) is 23.1 Å². The van der Waals surface area contributed by atoms with Crippen LogP contribution in [-0.2, 0) is 6.42 Å². The van der Waals surface area contributed by atoms with Gasteiger partial charge in [0.15, 0.2) is 11.4 Å². The second kappa shape index (κ2) is 11.5. The lowest BCUT2D eigenvalue weighted by atomic mass is 10.0. The normalized spacial score (nSPS) is 15.4. The molecule has 0 spiro atoms. The van der Waals surface area contributed by atoms with Gasteiger partial charge < -0.3 is 14.6 Å². The molecule has 1 fully saturated rings. The van der Waals surface area contributed by atoms with Crippen LogP contribution >= 0.6 is 0 Å². The summed E-state index contributed by atoms with van der Waals surface area (Å²) in [7, 11) is 0. The van der Waals surface area contributed by atoms with Crippen LogP contribution in [0.2, 0.25) is 0 Å². The summed E-state index contributed by atoms with van der Waals surface area (Å²) >= 11 is 0. The molecule has 12 heteroatoms. The lowest BCUT2D eigenvalue weighted by molar-refractivity contribution is 0.0990. The Morgan fingerprint density at radius 3 is 2.43 bits per heavy atom. The number of carbonyl (C=O) groups is 1. The van der Waals surface area contributed by atoms with Gasteiger partial charge in [0.2, 0.25) is 11.9 Å². The quantitative estimate of drug-likeness (QED) is 0.215. The molecule has 0 bridgehead atoms. The number of hydrogen-bond acceptors (Lipinski definition) is 7. The van der Waals surface area contributed by atoms with Crippen LogP contribution in [-0.4, -0.2) is 70.7 Å². The van der Waals surface area contributed by atoms with Crippen molar-refractivity contribution < 1.29 is 23.1 Å². The second-order valence-electron chi connectivity index (χ2n) is 10.6. The molecule has 42 heavy (non-hydrogen) atoms. The number of Topliss-reactive ketones (excluding diaryl/α,β-unsaturated/α-hetero) is 1. The Morgan fingerprint density at radius 1 is 1.02 bits per heavy atom. The van der Waals surface area contributed by atoms with Gasteiger partial charge in [-0.15, -0.1) is 0 Å². The smallest absolute Gasteiger partial charge is 0.216 e. The van der Waals surface area contributed by atoms with Gasteiger partial charge in [0.1, 0.15) is 11.5 Å². The van der Waals surface area contributed by atoms with E-state index in [4.69, 9.17) is 10.1 Å². The van der Waals surface area contributed by atoms with Crippen LogP contribution in [0.3, 0.4) is 0 Å². The van der Waals surface area contributed by atoms with Crippen molar-refractivity contribution in [2.45, 2.75) is 38.3 Å². The van der Waals surface area contributed by atoms with E-state index in [2.05, 4.69) is 19.4 Å². The minimum atomic E-state index is -1.07. The minimum absolute atomic E-state index is 0.127. The zero-order valence-corrected chi connectivity index (χ0v) is 22.8. The van der Waals surface area contributed by atoms with Crippen molar-refractivity contribution >= 4 is 11.4 Å². The number of β-amino-alcohol motifs (C(OH)–C–C–N with tert-alkyl or cyclic N) is 1. The Bertz CT molecular complexity index is 1720. The third-order valence-corrected chi connectivity index (χ3v) is 7.42. The number of halogens is 3. The van der Waals surface area contributed by atoms with Crippen molar-refractivity contribution in [2.75, 3.05) is 19.6 Å². The molecule has 1 atom stereocenters. The number of piperidine rings is 1. The standard InChI is InChI=1S/C30H28F3N7O2/c1-18(41)15-38-10-8-23(9-11-38)39-17-34-29(19-2-4-21(31)5-3-19)30(39)24-6-7-28-35-22(16-40(28)37-24)14-25(42)20-12-26(32)36-27(33)13-20/h2-7,12-13,16-18,23,41H,8-11,14-15H2,1H3/t18-/m0/s1. The SMILES string of the molecule is C[C@H](O)CN1CCC(n2cnc(-c3ccc(F)cc3)c2-c2ccc3nc(CC(=O)c4cc(F)nc(F)c4)cn3n2)CC1. The molecule has 0 saturated carbocycles. The van der Waals surface area contributed by atoms with Gasteiger partial charge in [-0.05, 0) is 56.2 Å². The molecule has 0 amide bonds. The predicted molar refractivity (Wildman–Crippen MR) is 148 cm³/mol. The fourth-order valence-corrected chi connectivity index (χ4v) is 5.50. The molecule has 0 aliphatic carbocycles. The Kier molecular flexibility index (Phi) is 7.56. The van der Waals surface area contributed by atoms with E-state index >= 15 is 0 Å². The number of fused-ring (bicyclic) bond motifs is 1. The molecular formula is C30H28F3N7O2. The Labute approximate surface area is 239 Å². The number of aliphatic hydroxyl groups excluding tert-OH is 1. The van der Waals surface area contributed by atoms with Crippen molar-refractivity contribution in [3.8, 4) is 22.6 Å². The van der Waals surface area contributed by atoms with Crippen LogP contribution in [0.5, 0.6) is 0 Å². The van der Waals surface area contributed by atoms with Crippen LogP contribution in [0.15, 0.2) is 61.1 Å². The maximum Gasteiger partial charge on any atom is 0.216 e. The summed E-state index contributed by atoms with van der Waals surface area (Å²) in [6, 6.07) is 11.7. The van der Waals surface area contributed by atoms with Crippen molar-refractivity contribution in [3.63, 3.8) is 0 Å². The third kappa shape index (κ3) is 5.81. The number of aliphatic hydroxyl groups is 1. The van der Waals surface area contributed by atoms with Crippen molar-refractivity contribution in [3.05, 3.63) is 90.0 Å². The van der Waals surface area contributed by atoms with E-state index in [1.54, 1.807) is 42.2 Å². The molecule has 4 aromatic heterocycles. The highest BCUT2D eigenvalue weighted by molar-refractivity contribution is 5.97. The largest absolute Gasteiger partial charge is 0.392 e. The summed E-state index contributed by atoms with van der Waals surface area (Å²) in [6.07, 6.45) is 4.54. The summed E-state index contributed by atoms with van der Waals surface area (Å²) in [5, 5.41) is 14.6. The zero-order chi connectivity index (χ0) is 29.4. The molecule has 9 nitrogen and oxygen atoms in total. The van der Waals surface area contributed by atoms with Gasteiger partial charge in [-0.25, -0.2) is 18.9 Å². The first kappa shape index (κ1) is 27.7. The molecule has 216 valence electrons. The van der Waals surface area contributed by atoms with Gasteiger partial charge >= 0.3 is 0 Å². The predicted octanol–water partition coefficient (Wildman–Crippen LogP) is 4.52. The number of ketones is 1. The van der Waals surface area contributed by atoms with E-state index in [1.165, 1.54) is 12.1 Å². The highest BCUT2D eigenvalue weighted by Gasteiger charge is 2.26. The highest BCUT2D eigenvalue weighted by Crippen LogP contribution is 2.35. The van der Waals surface area contributed by atoms with E-state index in [1.807, 2.05) is 6.07 Å². The van der Waals surface area contributed by atoms with Crippen molar-refractivity contribution in [1.82, 2.24) is 34.0 Å². The van der Waals surface area contributed by atoms with Crippen molar-refractivity contribution in [2.24, 2.45) is 0 Å². The first-order valence-electron chi connectivity index (χ1n) is 13.7. The van der Waals surface area contributed by atoms with Gasteiger partial charge in [-0.2, -0.15) is 18.9 Å². The molecule has 5 heterocycles. The van der Waals surface area contributed by atoms with Crippen LogP contribution < -0.4 is 0 Å². The number of rotatable bonds is 8. The van der Waals surface area contributed by atoms with Gasteiger partial charge in [-0.1, -0.05) is 0 Å². The second-order valence-corrected chi connectivity index (χ2v) is 10.6. The van der Waals surface area contributed by atoms with Crippen LogP contribution in [0.25, 0.3) is 28.3 Å². The summed E-state index contributed by atoms with van der Waals surface area (Å²) < 4.78 is 44.4. The third-order valence-electron chi connectivity index (χ3n) is 7.42. The van der Waals surface area contributed by atoms with E-state index < -0.39 is 23.8 Å². The number of likely N-dealkylation sites (tertiary alicyclic amines) is 1. The maximum absolute atomic E-state index is 13.7. The molecule has 5 aromatic rings. The molecule has 1 aromatic carbocycles. The molecule has 1 saturated heterocycles. The molecule has 1 N–H and O–H groups in total. The maximum atomic E-state index is 13.7. The van der Waals surface area contributed by atoms with Gasteiger partial charge in [0.25, 0.3) is 0 Å². The summed E-state index contributed by atoms with van der Waals surface area (Å²) in [6.45, 7) is 4.07. The number of imidazole rings is 2. The molecule has 1 aliphatic rings. The molecule has 1 aliphatic heterocycles. The first-order chi connectivity index (χ1) is 20.2. The summed E-state index contributed by atoms with van der Waals surface area (Å²) in [4.78, 5) is 27.1. The van der Waals surface area contributed by atoms with Crippen LogP contribution in [0.4, 0.5) is 13.2 Å². The topological polar surface area (TPSA) is 101 Å². The molecule has 6 rings (SSSR count). The van der Waals surface area contributed by atoms with Crippen LogP contribution in [0.1, 0.15) is 41.9 Å². The molecule has 0 unspecified atom stereocenters. The fraction of sp³-hybridized carbons (Fsp3) is 0.300. The highest BCUT2D eigenvalue weighted by atomic mass is 19.1. The van der Waals surface area contributed by atoms with Gasteiger partial charge in [-0.3, -0.25) is 4.79 Å². The lowest BCUT2D eigenvalue weighted by Crippen LogP contribution is -2.38. The average molecular weight is 576 g/mol. The Hall–Kier alpha value is -4.42. The average Bonchev–Trinajstić information content (AvgIpc) is 3.57. The van der Waals surface area contributed by atoms with E-state index in [0.29, 0.717) is 29.3 Å². The lowest BCUT2D eigenvalue weighted by Gasteiger charge is -2.33. The van der Waals surface area contributed by atoms with Crippen molar-refractivity contribution in [1.29, 1.82) is 0 Å². The summed E-state index contributed by atoms with van der Waals surface area (Å²) in [5.41, 5.74) is 3.54. The van der Waals surface area contributed by atoms with E-state index in [0.717, 1.165) is 49.3 Å². The van der Waals surface area contributed by atoms with E-state index in [-0.39, 0.29) is 23.8 Å². The number of pyridine rings is 1. The number of benzene rings is 1. The van der Waals surface area contributed by atoms with Crippen LogP contribution in [0, 0.1) is 17.7 Å². The minimum Gasteiger partial charge on any atom is -0.392 e. The number of hydrogen-bond donors (Lipinski definition) is 1. The molecule has 0 radical (unpaired) electrons. The monoisotopic (exact) mass is 575 g/mol.